The summed E-state index contributed by atoms with van der Waals surface area (Å²) in [7, 11) is 3.74. The third-order valence-corrected chi connectivity index (χ3v) is 4.26. The molecular weight excluding hydrogens is 262 g/mol. The van der Waals surface area contributed by atoms with Gasteiger partial charge in [-0.05, 0) is 26.4 Å². The molecule has 3 atom stereocenters. The maximum atomic E-state index is 12.5. The molecule has 2 fully saturated rings. The predicted molar refractivity (Wildman–Crippen MR) is 72.4 cm³/mol. The number of likely N-dealkylation sites (N-methyl/N-ethyl adjacent to an activating group) is 2. The highest BCUT2D eigenvalue weighted by Gasteiger charge is 2.41. The number of carboxylic acid groups (broad SMARTS) is 1. The summed E-state index contributed by atoms with van der Waals surface area (Å²) in [6.45, 7) is 1.93. The van der Waals surface area contributed by atoms with Gasteiger partial charge >= 0.3 is 12.0 Å². The van der Waals surface area contributed by atoms with E-state index in [0.717, 1.165) is 25.9 Å². The molecule has 2 heterocycles. The maximum Gasteiger partial charge on any atom is 0.326 e. The summed E-state index contributed by atoms with van der Waals surface area (Å²) in [6, 6.07) is -1.11. The molecule has 3 unspecified atom stereocenters. The Balaban J connectivity index is 2.03. The highest BCUT2D eigenvalue weighted by atomic mass is 16.4. The van der Waals surface area contributed by atoms with E-state index in [-0.39, 0.29) is 25.0 Å². The number of aliphatic hydroxyl groups excluding tert-OH is 1. The maximum absolute atomic E-state index is 12.5. The largest absolute Gasteiger partial charge is 0.480 e. The van der Waals surface area contributed by atoms with Gasteiger partial charge in [-0.25, -0.2) is 9.59 Å². The van der Waals surface area contributed by atoms with Gasteiger partial charge in [-0.15, -0.1) is 0 Å². The Morgan fingerprint density at radius 3 is 2.60 bits per heavy atom. The second kappa shape index (κ2) is 5.97. The molecule has 2 N–H and O–H groups in total. The number of likely N-dealkylation sites (tertiary alicyclic amines) is 2. The Morgan fingerprint density at radius 1 is 1.30 bits per heavy atom. The Morgan fingerprint density at radius 2 is 2.00 bits per heavy atom. The number of hydrogen-bond donors (Lipinski definition) is 2. The van der Waals surface area contributed by atoms with E-state index >= 15 is 0 Å². The van der Waals surface area contributed by atoms with Crippen molar-refractivity contribution in [1.29, 1.82) is 0 Å². The van der Waals surface area contributed by atoms with Crippen molar-refractivity contribution in [2.24, 2.45) is 0 Å². The standard InChI is InChI=1S/C13H23N3O4/c1-14-5-3-4-9(7-14)15(2)13(20)16-8-10(17)6-11(16)12(18)19/h9-11,17H,3-8H2,1-2H3,(H,18,19). The van der Waals surface area contributed by atoms with E-state index in [9.17, 15) is 14.7 Å². The molecule has 0 spiro atoms. The molecule has 2 saturated heterocycles. The van der Waals surface area contributed by atoms with E-state index in [4.69, 9.17) is 5.11 Å². The van der Waals surface area contributed by atoms with Gasteiger partial charge in [0.05, 0.1) is 6.10 Å². The molecule has 7 nitrogen and oxygen atoms in total. The molecule has 20 heavy (non-hydrogen) atoms. The lowest BCUT2D eigenvalue weighted by atomic mass is 10.1. The fraction of sp³-hybridized carbons (Fsp3) is 0.846. The predicted octanol–water partition coefficient (Wildman–Crippen LogP) is -0.348. The number of carbonyl (C=O) groups is 2. The minimum absolute atomic E-state index is 0.0999. The number of rotatable bonds is 2. The number of urea groups is 1. The lowest BCUT2D eigenvalue weighted by Crippen LogP contribution is -2.53. The third kappa shape index (κ3) is 3.04. The summed E-state index contributed by atoms with van der Waals surface area (Å²) in [5, 5.41) is 18.8. The number of amides is 2. The van der Waals surface area contributed by atoms with Crippen molar-refractivity contribution >= 4 is 12.0 Å². The number of aliphatic carboxylic acids is 1. The van der Waals surface area contributed by atoms with Crippen LogP contribution >= 0.6 is 0 Å². The van der Waals surface area contributed by atoms with Crippen LogP contribution < -0.4 is 0 Å². The molecule has 0 radical (unpaired) electrons. The van der Waals surface area contributed by atoms with Crippen molar-refractivity contribution < 1.29 is 19.8 Å². The van der Waals surface area contributed by atoms with E-state index < -0.39 is 18.1 Å². The number of β-amino-alcohol motifs (C(OH)–C–C–N with tert-alkyl or cyclic N) is 1. The van der Waals surface area contributed by atoms with Crippen LogP contribution in [-0.4, -0.2) is 88.8 Å². The van der Waals surface area contributed by atoms with Gasteiger partial charge in [0.15, 0.2) is 0 Å². The van der Waals surface area contributed by atoms with Gasteiger partial charge in [-0.3, -0.25) is 0 Å². The lowest BCUT2D eigenvalue weighted by molar-refractivity contribution is -0.141. The topological polar surface area (TPSA) is 84.3 Å². The smallest absolute Gasteiger partial charge is 0.326 e. The summed E-state index contributed by atoms with van der Waals surface area (Å²) < 4.78 is 0. The first-order valence-electron chi connectivity index (χ1n) is 7.03. The third-order valence-electron chi connectivity index (χ3n) is 4.26. The Bertz CT molecular complexity index is 390. The highest BCUT2D eigenvalue weighted by Crippen LogP contribution is 2.22. The average molecular weight is 285 g/mol. The van der Waals surface area contributed by atoms with E-state index in [1.54, 1.807) is 11.9 Å². The summed E-state index contributed by atoms with van der Waals surface area (Å²) in [5.41, 5.74) is 0. The zero-order chi connectivity index (χ0) is 14.9. The van der Waals surface area contributed by atoms with Crippen molar-refractivity contribution in [3.8, 4) is 0 Å². The van der Waals surface area contributed by atoms with Crippen LogP contribution in [0.1, 0.15) is 19.3 Å². The summed E-state index contributed by atoms with van der Waals surface area (Å²) in [5.74, 6) is -1.05. The van der Waals surface area contributed by atoms with Gasteiger partial charge in [0.2, 0.25) is 0 Å². The molecule has 0 aromatic heterocycles. The van der Waals surface area contributed by atoms with E-state index in [1.807, 2.05) is 7.05 Å². The molecule has 0 aromatic carbocycles. The number of nitrogens with zero attached hydrogens (tertiary/aromatic N) is 3. The Hall–Kier alpha value is -1.34. The van der Waals surface area contributed by atoms with E-state index in [1.165, 1.54) is 4.90 Å². The molecule has 0 saturated carbocycles. The second-order valence-electron chi connectivity index (χ2n) is 5.85. The number of carboxylic acids is 1. The van der Waals surface area contributed by atoms with Crippen LogP contribution in [0, 0.1) is 0 Å². The minimum Gasteiger partial charge on any atom is -0.480 e. The quantitative estimate of drug-likeness (QED) is 0.724. The SMILES string of the molecule is CN1CCCC(N(C)C(=O)N2CC(O)CC2C(=O)O)C1. The van der Waals surface area contributed by atoms with Crippen LogP contribution in [-0.2, 0) is 4.79 Å². The zero-order valence-corrected chi connectivity index (χ0v) is 12.0. The fourth-order valence-electron chi connectivity index (χ4n) is 3.07. The van der Waals surface area contributed by atoms with Crippen molar-refractivity contribution in [1.82, 2.24) is 14.7 Å². The molecule has 0 aliphatic carbocycles. The minimum atomic E-state index is -1.05. The molecule has 2 aliphatic heterocycles. The van der Waals surface area contributed by atoms with Crippen molar-refractivity contribution in [3.63, 3.8) is 0 Å². The number of aliphatic hydroxyl groups is 1. The van der Waals surface area contributed by atoms with Crippen LogP contribution in [0.3, 0.4) is 0 Å². The normalized spacial score (nSPS) is 31.4. The molecule has 7 heteroatoms. The summed E-state index contributed by atoms with van der Waals surface area (Å²) in [4.78, 5) is 28.7. The average Bonchev–Trinajstić information content (AvgIpc) is 2.79. The van der Waals surface area contributed by atoms with Gasteiger partial charge in [0.1, 0.15) is 6.04 Å². The molecular formula is C13H23N3O4. The van der Waals surface area contributed by atoms with Crippen LogP contribution in [0.5, 0.6) is 0 Å². The Kier molecular flexibility index (Phi) is 4.49. The van der Waals surface area contributed by atoms with Crippen LogP contribution in [0.25, 0.3) is 0 Å². The first kappa shape index (κ1) is 15.1. The van der Waals surface area contributed by atoms with E-state index in [2.05, 4.69) is 4.90 Å². The fourth-order valence-corrected chi connectivity index (χ4v) is 3.07. The molecule has 2 aliphatic rings. The van der Waals surface area contributed by atoms with Gasteiger partial charge in [0.25, 0.3) is 0 Å². The number of carbonyl (C=O) groups excluding carboxylic acids is 1. The Labute approximate surface area is 118 Å². The van der Waals surface area contributed by atoms with Crippen LogP contribution in [0.4, 0.5) is 4.79 Å². The number of piperidine rings is 1. The molecule has 114 valence electrons. The van der Waals surface area contributed by atoms with Gasteiger partial charge in [-0.2, -0.15) is 0 Å². The first-order chi connectivity index (χ1) is 9.40. The van der Waals surface area contributed by atoms with Gasteiger partial charge in [-0.1, -0.05) is 0 Å². The summed E-state index contributed by atoms with van der Waals surface area (Å²) >= 11 is 0. The molecule has 0 aromatic rings. The molecule has 2 amide bonds. The van der Waals surface area contributed by atoms with Crippen LogP contribution in [0.15, 0.2) is 0 Å². The second-order valence-corrected chi connectivity index (χ2v) is 5.85. The monoisotopic (exact) mass is 285 g/mol. The molecule has 2 rings (SSSR count). The molecule has 0 bridgehead atoms. The van der Waals surface area contributed by atoms with Gasteiger partial charge in [0, 0.05) is 32.6 Å². The number of hydrogen-bond acceptors (Lipinski definition) is 4. The highest BCUT2D eigenvalue weighted by molar-refractivity contribution is 5.83. The van der Waals surface area contributed by atoms with Gasteiger partial charge < -0.3 is 24.9 Å². The summed E-state index contributed by atoms with van der Waals surface area (Å²) in [6.07, 6.45) is 1.33. The van der Waals surface area contributed by atoms with Crippen molar-refractivity contribution in [2.75, 3.05) is 33.7 Å². The van der Waals surface area contributed by atoms with Crippen molar-refractivity contribution in [2.45, 2.75) is 37.5 Å². The van der Waals surface area contributed by atoms with E-state index in [0.29, 0.717) is 0 Å². The first-order valence-corrected chi connectivity index (χ1v) is 7.03. The lowest BCUT2D eigenvalue weighted by Gasteiger charge is -2.38. The van der Waals surface area contributed by atoms with Crippen LogP contribution in [0.2, 0.25) is 0 Å². The van der Waals surface area contributed by atoms with Crippen molar-refractivity contribution in [3.05, 3.63) is 0 Å². The zero-order valence-electron chi connectivity index (χ0n) is 12.0.